The van der Waals surface area contributed by atoms with Crippen molar-refractivity contribution in [1.29, 1.82) is 0 Å². The maximum absolute atomic E-state index is 12.0. The second-order valence-electron chi connectivity index (χ2n) is 7.21. The Bertz CT molecular complexity index is 697. The lowest BCUT2D eigenvalue weighted by atomic mass is 10.2. The first kappa shape index (κ1) is 21.7. The molecule has 0 atom stereocenters. The average molecular weight is 397 g/mol. The molecule has 1 aliphatic rings. The van der Waals surface area contributed by atoms with E-state index in [0.717, 1.165) is 13.1 Å². The largest absolute Gasteiger partial charge is 0.493 e. The van der Waals surface area contributed by atoms with Crippen molar-refractivity contribution in [3.8, 4) is 11.5 Å². The van der Waals surface area contributed by atoms with Gasteiger partial charge in [-0.05, 0) is 20.8 Å². The number of morpholine rings is 1. The minimum Gasteiger partial charge on any atom is -0.493 e. The summed E-state index contributed by atoms with van der Waals surface area (Å²) in [7, 11) is 1.40. The fourth-order valence-corrected chi connectivity index (χ4v) is 2.60. The Kier molecular flexibility index (Phi) is 7.41. The number of carbonyl (C=O) groups is 1. The van der Waals surface area contributed by atoms with E-state index in [9.17, 15) is 14.9 Å². The van der Waals surface area contributed by atoms with Gasteiger partial charge in [0.05, 0.1) is 31.3 Å². The fraction of sp³-hybridized carbons (Fsp3) is 0.611. The Balaban J connectivity index is 2.14. The smallest absolute Gasteiger partial charge is 0.412 e. The Morgan fingerprint density at radius 2 is 1.96 bits per heavy atom. The van der Waals surface area contributed by atoms with E-state index in [-0.39, 0.29) is 17.1 Å². The Morgan fingerprint density at radius 1 is 1.29 bits per heavy atom. The van der Waals surface area contributed by atoms with Crippen LogP contribution in [0.25, 0.3) is 0 Å². The van der Waals surface area contributed by atoms with Crippen LogP contribution in [-0.2, 0) is 9.47 Å². The molecule has 1 N–H and O–H groups in total. The normalized spacial score (nSPS) is 15.0. The van der Waals surface area contributed by atoms with Crippen LogP contribution in [0.3, 0.4) is 0 Å². The quantitative estimate of drug-likeness (QED) is 0.552. The number of nitro groups is 1. The summed E-state index contributed by atoms with van der Waals surface area (Å²) in [4.78, 5) is 25.0. The monoisotopic (exact) mass is 397 g/mol. The van der Waals surface area contributed by atoms with Crippen LogP contribution in [0, 0.1) is 10.1 Å². The number of hydrogen-bond acceptors (Lipinski definition) is 8. The fourth-order valence-electron chi connectivity index (χ4n) is 2.60. The summed E-state index contributed by atoms with van der Waals surface area (Å²) in [5.41, 5.74) is -1.08. The lowest BCUT2D eigenvalue weighted by molar-refractivity contribution is -0.384. The van der Waals surface area contributed by atoms with Crippen molar-refractivity contribution in [1.82, 2.24) is 4.90 Å². The Hall–Kier alpha value is -2.59. The third-order valence-electron chi connectivity index (χ3n) is 3.88. The standard InChI is InChI=1S/C18H27N3O7/c1-18(2,3)28-17(22)19-13-11-16(15(25-4)12-14(13)21(23)24)27-10-7-20-5-8-26-9-6-20/h11-12H,5-10H2,1-4H3,(H,19,22). The molecule has 1 aromatic carbocycles. The van der Waals surface area contributed by atoms with Gasteiger partial charge < -0.3 is 18.9 Å². The highest BCUT2D eigenvalue weighted by molar-refractivity contribution is 5.89. The van der Waals surface area contributed by atoms with Gasteiger partial charge in [0.1, 0.15) is 17.9 Å². The third kappa shape index (κ3) is 6.54. The second-order valence-corrected chi connectivity index (χ2v) is 7.21. The zero-order chi connectivity index (χ0) is 20.7. The van der Waals surface area contributed by atoms with E-state index in [1.54, 1.807) is 20.8 Å². The first-order valence-electron chi connectivity index (χ1n) is 8.99. The summed E-state index contributed by atoms with van der Waals surface area (Å²) < 4.78 is 21.5. The molecule has 1 aliphatic heterocycles. The molecule has 0 radical (unpaired) electrons. The molecule has 0 spiro atoms. The summed E-state index contributed by atoms with van der Waals surface area (Å²) in [6.07, 6.45) is -0.792. The number of nitrogens with one attached hydrogen (secondary N) is 1. The van der Waals surface area contributed by atoms with E-state index in [1.807, 2.05) is 0 Å². The van der Waals surface area contributed by atoms with Crippen molar-refractivity contribution in [3.63, 3.8) is 0 Å². The zero-order valence-electron chi connectivity index (χ0n) is 16.6. The minimum absolute atomic E-state index is 0.0265. The number of amides is 1. The number of anilines is 1. The van der Waals surface area contributed by atoms with Gasteiger partial charge in [0.25, 0.3) is 5.69 Å². The molecular formula is C18H27N3O7. The summed E-state index contributed by atoms with van der Waals surface area (Å²) >= 11 is 0. The predicted molar refractivity (Wildman–Crippen MR) is 102 cm³/mol. The van der Waals surface area contributed by atoms with Gasteiger partial charge >= 0.3 is 6.09 Å². The number of ether oxygens (including phenoxy) is 4. The van der Waals surface area contributed by atoms with Gasteiger partial charge in [-0.15, -0.1) is 0 Å². The maximum atomic E-state index is 12.0. The van der Waals surface area contributed by atoms with Crippen molar-refractivity contribution in [2.75, 3.05) is 51.9 Å². The van der Waals surface area contributed by atoms with Crippen LogP contribution < -0.4 is 14.8 Å². The summed E-state index contributed by atoms with van der Waals surface area (Å²) in [5.74, 6) is 0.510. The van der Waals surface area contributed by atoms with Crippen LogP contribution in [0.4, 0.5) is 16.2 Å². The Morgan fingerprint density at radius 3 is 2.54 bits per heavy atom. The summed E-state index contributed by atoms with van der Waals surface area (Å²) in [6.45, 7) is 9.17. The SMILES string of the molecule is COc1cc([N+](=O)[O-])c(NC(=O)OC(C)(C)C)cc1OCCN1CCOCC1. The van der Waals surface area contributed by atoms with Crippen LogP contribution in [0.15, 0.2) is 12.1 Å². The first-order chi connectivity index (χ1) is 13.2. The van der Waals surface area contributed by atoms with Gasteiger partial charge in [0.2, 0.25) is 0 Å². The van der Waals surface area contributed by atoms with Gasteiger partial charge in [-0.1, -0.05) is 0 Å². The molecular weight excluding hydrogens is 370 g/mol. The van der Waals surface area contributed by atoms with Gasteiger partial charge in [-0.2, -0.15) is 0 Å². The van der Waals surface area contributed by atoms with Crippen LogP contribution in [-0.4, -0.2) is 68.1 Å². The predicted octanol–water partition coefficient (Wildman–Crippen LogP) is 2.66. The molecule has 10 heteroatoms. The van der Waals surface area contributed by atoms with Gasteiger partial charge in [0, 0.05) is 25.7 Å². The molecule has 0 unspecified atom stereocenters. The van der Waals surface area contributed by atoms with E-state index in [2.05, 4.69) is 10.2 Å². The topological polar surface area (TPSA) is 112 Å². The molecule has 28 heavy (non-hydrogen) atoms. The highest BCUT2D eigenvalue weighted by atomic mass is 16.6. The maximum Gasteiger partial charge on any atom is 0.412 e. The molecule has 0 aromatic heterocycles. The molecule has 0 saturated carbocycles. The molecule has 1 aromatic rings. The minimum atomic E-state index is -0.792. The summed E-state index contributed by atoms with van der Waals surface area (Å²) in [6, 6.07) is 2.59. The highest BCUT2D eigenvalue weighted by Crippen LogP contribution is 2.38. The number of methoxy groups -OCH3 is 1. The van der Waals surface area contributed by atoms with E-state index in [0.29, 0.717) is 32.1 Å². The molecule has 2 rings (SSSR count). The van der Waals surface area contributed by atoms with Crippen molar-refractivity contribution >= 4 is 17.5 Å². The molecule has 1 saturated heterocycles. The van der Waals surface area contributed by atoms with Gasteiger partial charge in [-0.3, -0.25) is 20.3 Å². The number of benzene rings is 1. The van der Waals surface area contributed by atoms with E-state index >= 15 is 0 Å². The van der Waals surface area contributed by atoms with Gasteiger partial charge in [0.15, 0.2) is 11.5 Å². The van der Waals surface area contributed by atoms with Crippen molar-refractivity contribution < 1.29 is 28.7 Å². The van der Waals surface area contributed by atoms with Crippen LogP contribution >= 0.6 is 0 Å². The molecule has 1 heterocycles. The number of rotatable bonds is 7. The molecule has 1 amide bonds. The molecule has 0 bridgehead atoms. The van der Waals surface area contributed by atoms with Crippen LogP contribution in [0.5, 0.6) is 11.5 Å². The Labute approximate surface area is 163 Å². The molecule has 156 valence electrons. The van der Waals surface area contributed by atoms with Crippen LogP contribution in [0.2, 0.25) is 0 Å². The van der Waals surface area contributed by atoms with Crippen LogP contribution in [0.1, 0.15) is 20.8 Å². The zero-order valence-corrected chi connectivity index (χ0v) is 16.6. The van der Waals surface area contributed by atoms with Crippen molar-refractivity contribution in [2.45, 2.75) is 26.4 Å². The molecule has 1 fully saturated rings. The third-order valence-corrected chi connectivity index (χ3v) is 3.88. The summed E-state index contributed by atoms with van der Waals surface area (Å²) in [5, 5.41) is 13.8. The average Bonchev–Trinajstić information content (AvgIpc) is 2.61. The van der Waals surface area contributed by atoms with E-state index in [1.165, 1.54) is 19.2 Å². The van der Waals surface area contributed by atoms with Crippen molar-refractivity contribution in [3.05, 3.63) is 22.2 Å². The van der Waals surface area contributed by atoms with Gasteiger partial charge in [-0.25, -0.2) is 4.79 Å². The van der Waals surface area contributed by atoms with E-state index < -0.39 is 16.6 Å². The lowest BCUT2D eigenvalue weighted by Crippen LogP contribution is -2.38. The second kappa shape index (κ2) is 9.56. The number of nitro benzene ring substituents is 1. The number of carbonyl (C=O) groups excluding carboxylic acids is 1. The number of nitrogens with zero attached hydrogens (tertiary/aromatic N) is 2. The molecule has 0 aliphatic carbocycles. The highest BCUT2D eigenvalue weighted by Gasteiger charge is 2.24. The lowest BCUT2D eigenvalue weighted by Gasteiger charge is -2.26. The molecule has 10 nitrogen and oxygen atoms in total. The first-order valence-corrected chi connectivity index (χ1v) is 8.99. The van der Waals surface area contributed by atoms with Crippen molar-refractivity contribution in [2.24, 2.45) is 0 Å². The van der Waals surface area contributed by atoms with E-state index in [4.69, 9.17) is 18.9 Å². The number of hydrogen-bond donors (Lipinski definition) is 1.